The Labute approximate surface area is 264 Å². The van der Waals surface area contributed by atoms with Crippen molar-refractivity contribution in [2.45, 2.75) is 41.5 Å². The van der Waals surface area contributed by atoms with Crippen LogP contribution in [0.15, 0.2) is 117 Å². The van der Waals surface area contributed by atoms with Crippen LogP contribution in [0.5, 0.6) is 0 Å². The van der Waals surface area contributed by atoms with E-state index in [2.05, 4.69) is 133 Å². The predicted octanol–water partition coefficient (Wildman–Crippen LogP) is 12.0. The van der Waals surface area contributed by atoms with Gasteiger partial charge in [0.1, 0.15) is 0 Å². The first kappa shape index (κ1) is 33.4. The van der Waals surface area contributed by atoms with Crippen LogP contribution in [0, 0.1) is 6.92 Å². The highest BCUT2D eigenvalue weighted by Crippen LogP contribution is 2.44. The SMILES string of the molecule is C=CC=C.C=Cc1c(C=C)c(-c2ccc(C)c(/C=C\C)c2)c2ccccc2c1C(=C/C)/C(C)=C(\C)c1ccc(/C(N)=C/C)[nH]1. The van der Waals surface area contributed by atoms with Crippen molar-refractivity contribution in [3.63, 3.8) is 0 Å². The average molecular weight is 579 g/mol. The van der Waals surface area contributed by atoms with Crippen LogP contribution in [0.1, 0.15) is 73.8 Å². The van der Waals surface area contributed by atoms with Gasteiger partial charge in [0.15, 0.2) is 0 Å². The summed E-state index contributed by atoms with van der Waals surface area (Å²) in [7, 11) is 0. The molecule has 224 valence electrons. The molecule has 0 aliphatic heterocycles. The Hall–Kier alpha value is -5.08. The van der Waals surface area contributed by atoms with E-state index in [-0.39, 0.29) is 0 Å². The van der Waals surface area contributed by atoms with E-state index in [0.717, 1.165) is 28.2 Å². The highest BCUT2D eigenvalue weighted by atomic mass is 14.8. The first-order valence-corrected chi connectivity index (χ1v) is 15.0. The summed E-state index contributed by atoms with van der Waals surface area (Å²) in [4.78, 5) is 3.49. The molecule has 0 amide bonds. The highest BCUT2D eigenvalue weighted by Gasteiger charge is 2.21. The Morgan fingerprint density at radius 1 is 0.773 bits per heavy atom. The summed E-state index contributed by atoms with van der Waals surface area (Å²) in [5.74, 6) is 0. The summed E-state index contributed by atoms with van der Waals surface area (Å²) in [5.41, 5.74) is 20.6. The van der Waals surface area contributed by atoms with Crippen molar-refractivity contribution in [1.29, 1.82) is 0 Å². The molecule has 0 fully saturated rings. The van der Waals surface area contributed by atoms with Crippen LogP contribution in [0.2, 0.25) is 0 Å². The number of hydrogen-bond acceptors (Lipinski definition) is 1. The van der Waals surface area contributed by atoms with Crippen LogP contribution in [-0.2, 0) is 0 Å². The summed E-state index contributed by atoms with van der Waals surface area (Å²) in [6.07, 6.45) is 15.6. The van der Waals surface area contributed by atoms with E-state index in [1.165, 1.54) is 55.3 Å². The van der Waals surface area contributed by atoms with Gasteiger partial charge in [-0.2, -0.15) is 0 Å². The number of hydrogen-bond donors (Lipinski definition) is 2. The summed E-state index contributed by atoms with van der Waals surface area (Å²) in [6.45, 7) is 27.9. The minimum absolute atomic E-state index is 0.739. The molecule has 0 bridgehead atoms. The van der Waals surface area contributed by atoms with Gasteiger partial charge in [0.2, 0.25) is 0 Å². The zero-order valence-electron chi connectivity index (χ0n) is 27.2. The Morgan fingerprint density at radius 2 is 1.41 bits per heavy atom. The largest absolute Gasteiger partial charge is 0.397 e. The molecule has 0 saturated heterocycles. The molecule has 0 spiro atoms. The zero-order chi connectivity index (χ0) is 32.4. The van der Waals surface area contributed by atoms with Crippen LogP contribution in [0.25, 0.3) is 57.0 Å². The van der Waals surface area contributed by atoms with Gasteiger partial charge in [0, 0.05) is 5.69 Å². The minimum atomic E-state index is 0.739. The molecular weight excluding hydrogens is 532 g/mol. The monoisotopic (exact) mass is 578 g/mol. The number of aromatic nitrogens is 1. The Kier molecular flexibility index (Phi) is 11.7. The number of aryl methyl sites for hydroxylation is 1. The molecule has 44 heavy (non-hydrogen) atoms. The number of nitrogens with two attached hydrogens (primary N) is 1. The van der Waals surface area contributed by atoms with E-state index in [4.69, 9.17) is 5.73 Å². The maximum atomic E-state index is 6.17. The molecule has 2 nitrogen and oxygen atoms in total. The molecule has 0 radical (unpaired) electrons. The van der Waals surface area contributed by atoms with Gasteiger partial charge in [-0.05, 0) is 126 Å². The number of aromatic amines is 1. The Morgan fingerprint density at radius 3 is 1.98 bits per heavy atom. The number of H-pyrrole nitrogens is 1. The Balaban J connectivity index is 0.00000124. The Bertz CT molecular complexity index is 1820. The van der Waals surface area contributed by atoms with Crippen molar-refractivity contribution < 1.29 is 0 Å². The van der Waals surface area contributed by atoms with E-state index in [1.807, 2.05) is 31.2 Å². The predicted molar refractivity (Wildman–Crippen MR) is 200 cm³/mol. The quantitative estimate of drug-likeness (QED) is 0.191. The van der Waals surface area contributed by atoms with Crippen molar-refractivity contribution >= 4 is 45.8 Å². The van der Waals surface area contributed by atoms with Gasteiger partial charge >= 0.3 is 0 Å². The fourth-order valence-electron chi connectivity index (χ4n) is 5.55. The van der Waals surface area contributed by atoms with Crippen LogP contribution >= 0.6 is 0 Å². The molecule has 3 aromatic carbocycles. The zero-order valence-corrected chi connectivity index (χ0v) is 27.2. The first-order valence-electron chi connectivity index (χ1n) is 15.0. The van der Waals surface area contributed by atoms with Crippen LogP contribution in [0.4, 0.5) is 0 Å². The van der Waals surface area contributed by atoms with Crippen molar-refractivity contribution in [3.05, 3.63) is 156 Å². The smallest absolute Gasteiger partial charge is 0.0615 e. The average Bonchev–Trinajstić information content (AvgIpc) is 3.55. The lowest BCUT2D eigenvalue weighted by Gasteiger charge is -2.23. The molecule has 0 unspecified atom stereocenters. The van der Waals surface area contributed by atoms with Crippen LogP contribution in [0.3, 0.4) is 0 Å². The highest BCUT2D eigenvalue weighted by molar-refractivity contribution is 6.11. The van der Waals surface area contributed by atoms with Gasteiger partial charge in [-0.25, -0.2) is 0 Å². The summed E-state index contributed by atoms with van der Waals surface area (Å²) < 4.78 is 0. The summed E-state index contributed by atoms with van der Waals surface area (Å²) in [5, 5.41) is 2.39. The van der Waals surface area contributed by atoms with Gasteiger partial charge in [0.05, 0.1) is 11.4 Å². The number of fused-ring (bicyclic) bond motifs is 1. The molecule has 4 rings (SSSR count). The molecule has 1 heterocycles. The third-order valence-corrected chi connectivity index (χ3v) is 8.02. The lowest BCUT2D eigenvalue weighted by atomic mass is 9.80. The maximum absolute atomic E-state index is 6.17. The number of benzene rings is 3. The van der Waals surface area contributed by atoms with Crippen molar-refractivity contribution in [3.8, 4) is 11.1 Å². The molecule has 2 heteroatoms. The van der Waals surface area contributed by atoms with Gasteiger partial charge in [-0.3, -0.25) is 0 Å². The summed E-state index contributed by atoms with van der Waals surface area (Å²) in [6, 6.07) is 19.5. The van der Waals surface area contributed by atoms with Crippen molar-refractivity contribution in [2.24, 2.45) is 5.73 Å². The number of allylic oxidation sites excluding steroid dienone is 8. The lowest BCUT2D eigenvalue weighted by Crippen LogP contribution is -2.01. The van der Waals surface area contributed by atoms with Gasteiger partial charge in [0.25, 0.3) is 0 Å². The normalized spacial score (nSPS) is 12.4. The third-order valence-electron chi connectivity index (χ3n) is 8.02. The van der Waals surface area contributed by atoms with E-state index >= 15 is 0 Å². The molecule has 0 saturated carbocycles. The third kappa shape index (κ3) is 6.76. The van der Waals surface area contributed by atoms with Crippen LogP contribution < -0.4 is 5.73 Å². The van der Waals surface area contributed by atoms with E-state index in [9.17, 15) is 0 Å². The molecule has 0 aliphatic carbocycles. The van der Waals surface area contributed by atoms with Crippen LogP contribution in [-0.4, -0.2) is 4.98 Å². The fourth-order valence-corrected chi connectivity index (χ4v) is 5.55. The van der Waals surface area contributed by atoms with E-state index < -0.39 is 0 Å². The minimum Gasteiger partial charge on any atom is -0.397 e. The topological polar surface area (TPSA) is 41.8 Å². The standard InChI is InChI=1S/C38H40N2.C4H6/c1-9-16-27-23-28(20-19-24(27)6)37-30(11-3)31(12-4)38(33-18-15-14-17-32(33)37)29(10-2)25(7)26(8)35-21-22-36(40-35)34(39)13-5;1-3-4-2/h9-23,40H,3-4,39H2,1-2,5-8H3;3-4H,1-2H2/b16-9-,26-25+,29-10+,34-13-;. The van der Waals surface area contributed by atoms with E-state index in [1.54, 1.807) is 12.2 Å². The second-order valence-electron chi connectivity index (χ2n) is 10.6. The molecule has 4 aromatic rings. The first-order chi connectivity index (χ1) is 21.2. The molecule has 0 atom stereocenters. The van der Waals surface area contributed by atoms with Gasteiger partial charge in [-0.1, -0.05) is 111 Å². The molecule has 3 N–H and O–H groups in total. The maximum Gasteiger partial charge on any atom is 0.0615 e. The molecular formula is C42H46N2. The molecule has 1 aromatic heterocycles. The number of nitrogens with one attached hydrogen (secondary N) is 1. The second kappa shape index (κ2) is 15.4. The molecule has 0 aliphatic rings. The second-order valence-corrected chi connectivity index (χ2v) is 10.6. The van der Waals surface area contributed by atoms with Crippen molar-refractivity contribution in [2.75, 3.05) is 0 Å². The van der Waals surface area contributed by atoms with Gasteiger partial charge < -0.3 is 10.7 Å². The van der Waals surface area contributed by atoms with Crippen molar-refractivity contribution in [1.82, 2.24) is 4.98 Å². The summed E-state index contributed by atoms with van der Waals surface area (Å²) >= 11 is 0. The number of rotatable bonds is 9. The fraction of sp³-hybridized carbons (Fsp3) is 0.143. The van der Waals surface area contributed by atoms with E-state index in [0.29, 0.717) is 0 Å². The lowest BCUT2D eigenvalue weighted by molar-refractivity contribution is 1.27. The van der Waals surface area contributed by atoms with Gasteiger partial charge in [-0.15, -0.1) is 0 Å².